The summed E-state index contributed by atoms with van der Waals surface area (Å²) in [4.78, 5) is 14.3. The van der Waals surface area contributed by atoms with E-state index in [0.29, 0.717) is 5.91 Å². The Balaban J connectivity index is 1.40. The van der Waals surface area contributed by atoms with Crippen LogP contribution in [0.3, 0.4) is 0 Å². The van der Waals surface area contributed by atoms with Gasteiger partial charge in [0.05, 0.1) is 13.1 Å². The van der Waals surface area contributed by atoms with E-state index in [-0.39, 0.29) is 0 Å². The largest absolute Gasteiger partial charge is 0.342 e. The summed E-state index contributed by atoms with van der Waals surface area (Å²) in [5, 5.41) is 0. The molecule has 1 heterocycles. The highest BCUT2D eigenvalue weighted by Crippen LogP contribution is 2.36. The van der Waals surface area contributed by atoms with Crippen LogP contribution in [0.15, 0.2) is 60.7 Å². The van der Waals surface area contributed by atoms with Crippen LogP contribution in [-0.4, -0.2) is 37.0 Å². The molecule has 3 heteroatoms. The molecule has 1 aliphatic heterocycles. The molecule has 1 saturated heterocycles. The Morgan fingerprint density at radius 2 is 1.00 bits per heavy atom. The van der Waals surface area contributed by atoms with Gasteiger partial charge in [-0.05, 0) is 43.5 Å². The fourth-order valence-electron chi connectivity index (χ4n) is 6.61. The predicted octanol–water partition coefficient (Wildman–Crippen LogP) is 10.6. The van der Waals surface area contributed by atoms with Gasteiger partial charge in [-0.25, -0.2) is 0 Å². The quantitative estimate of drug-likeness (QED) is 0.100. The van der Waals surface area contributed by atoms with E-state index in [1.54, 1.807) is 0 Å². The van der Waals surface area contributed by atoms with Gasteiger partial charge in [-0.15, -0.1) is 0 Å². The number of nitrogens with zero attached hydrogens (tertiary/aromatic N) is 2. The topological polar surface area (TPSA) is 20.3 Å². The minimum atomic E-state index is 0.343. The molecule has 1 amide bonds. The number of rotatable bonds is 23. The van der Waals surface area contributed by atoms with E-state index < -0.39 is 0 Å². The van der Waals surface area contributed by atoms with E-state index in [4.69, 9.17) is 0 Å². The molecule has 2 aromatic carbocycles. The number of hydrogen-bond acceptors (Lipinski definition) is 1. The van der Waals surface area contributed by atoms with Crippen LogP contribution in [0.2, 0.25) is 0 Å². The molecule has 222 valence electrons. The van der Waals surface area contributed by atoms with Gasteiger partial charge in [-0.2, -0.15) is 0 Å². The maximum Gasteiger partial charge on any atom is 0.222 e. The van der Waals surface area contributed by atoms with Gasteiger partial charge in [-0.3, -0.25) is 9.28 Å². The summed E-state index contributed by atoms with van der Waals surface area (Å²) in [7, 11) is 0. The normalized spacial score (nSPS) is 13.8. The van der Waals surface area contributed by atoms with E-state index in [1.165, 1.54) is 114 Å². The first-order valence-electron chi connectivity index (χ1n) is 17.0. The number of unbranched alkanes of at least 4 members (excludes halogenated alkanes) is 15. The highest BCUT2D eigenvalue weighted by atomic mass is 16.2. The molecular weight excluding hydrogens is 488 g/mol. The SMILES string of the molecule is CCCCCCCCCCCCCCCCCC[N+](CCCN1CCCC1=O)(c1ccccc1)c1ccccc1. The number of likely N-dealkylation sites (tertiary alicyclic amines) is 1. The van der Waals surface area contributed by atoms with Crippen molar-refractivity contribution in [3.8, 4) is 0 Å². The summed E-state index contributed by atoms with van der Waals surface area (Å²) in [6, 6.07) is 22.2. The van der Waals surface area contributed by atoms with Crippen molar-refractivity contribution < 1.29 is 4.79 Å². The van der Waals surface area contributed by atoms with Crippen LogP contribution in [0.4, 0.5) is 11.4 Å². The molecule has 3 nitrogen and oxygen atoms in total. The standard InChI is InChI=1S/C37H59N2O/c1-2-3-4-5-6-7-8-9-10-11-12-13-14-15-16-23-33-39(35-26-19-17-20-27-35,36-28-21-18-22-29-36)34-25-32-38-31-24-30-37(38)40/h17-22,26-29H,2-16,23-25,30-34H2,1H3/q+1. The summed E-state index contributed by atoms with van der Waals surface area (Å²) in [6.07, 6.45) is 25.2. The number of para-hydroxylation sites is 2. The Labute approximate surface area is 246 Å². The maximum absolute atomic E-state index is 12.2. The third kappa shape index (κ3) is 11.4. The van der Waals surface area contributed by atoms with Crippen molar-refractivity contribution in [1.29, 1.82) is 0 Å². The Kier molecular flexibility index (Phi) is 16.1. The molecule has 0 aromatic heterocycles. The number of carbonyl (C=O) groups is 1. The summed E-state index contributed by atoms with van der Waals surface area (Å²) >= 11 is 0. The molecular formula is C37H59N2O+. The summed E-state index contributed by atoms with van der Waals surface area (Å²) in [6.45, 7) is 6.29. The molecule has 0 bridgehead atoms. The van der Waals surface area contributed by atoms with Crippen molar-refractivity contribution in [2.75, 3.05) is 26.2 Å². The lowest BCUT2D eigenvalue weighted by Crippen LogP contribution is -2.47. The van der Waals surface area contributed by atoms with E-state index in [9.17, 15) is 4.79 Å². The Morgan fingerprint density at radius 1 is 0.575 bits per heavy atom. The number of hydrogen-bond donors (Lipinski definition) is 0. The summed E-state index contributed by atoms with van der Waals surface area (Å²) < 4.78 is 0.891. The Bertz CT molecular complexity index is 857. The van der Waals surface area contributed by atoms with Gasteiger partial charge >= 0.3 is 0 Å². The van der Waals surface area contributed by atoms with Crippen molar-refractivity contribution in [2.24, 2.45) is 0 Å². The number of amides is 1. The van der Waals surface area contributed by atoms with E-state index in [0.717, 1.165) is 49.9 Å². The van der Waals surface area contributed by atoms with Gasteiger partial charge in [0.25, 0.3) is 0 Å². The molecule has 0 atom stereocenters. The monoisotopic (exact) mass is 547 g/mol. The van der Waals surface area contributed by atoms with Gasteiger partial charge in [0, 0.05) is 25.9 Å². The first kappa shape index (κ1) is 32.4. The number of carbonyl (C=O) groups excluding carboxylic acids is 1. The molecule has 0 unspecified atom stereocenters. The van der Waals surface area contributed by atoms with Crippen LogP contribution >= 0.6 is 0 Å². The Hall–Kier alpha value is -2.13. The van der Waals surface area contributed by atoms with E-state index in [1.807, 2.05) is 0 Å². The average Bonchev–Trinajstić information content (AvgIpc) is 3.41. The van der Waals surface area contributed by atoms with Crippen LogP contribution in [0.25, 0.3) is 0 Å². The van der Waals surface area contributed by atoms with Crippen LogP contribution in [0.1, 0.15) is 129 Å². The number of quaternary nitrogens is 1. The molecule has 1 aliphatic rings. The number of benzene rings is 2. The minimum absolute atomic E-state index is 0.343. The minimum Gasteiger partial charge on any atom is -0.342 e. The average molecular weight is 548 g/mol. The van der Waals surface area contributed by atoms with Gasteiger partial charge in [0.1, 0.15) is 11.4 Å². The van der Waals surface area contributed by atoms with E-state index in [2.05, 4.69) is 72.5 Å². The zero-order valence-corrected chi connectivity index (χ0v) is 25.8. The van der Waals surface area contributed by atoms with Gasteiger partial charge < -0.3 is 4.90 Å². The van der Waals surface area contributed by atoms with Crippen molar-refractivity contribution in [2.45, 2.75) is 129 Å². The lowest BCUT2D eigenvalue weighted by atomic mass is 10.0. The van der Waals surface area contributed by atoms with Crippen LogP contribution in [-0.2, 0) is 4.79 Å². The van der Waals surface area contributed by atoms with Crippen LogP contribution in [0, 0.1) is 0 Å². The van der Waals surface area contributed by atoms with E-state index >= 15 is 0 Å². The van der Waals surface area contributed by atoms with Crippen molar-refractivity contribution in [1.82, 2.24) is 9.38 Å². The highest BCUT2D eigenvalue weighted by molar-refractivity contribution is 5.78. The van der Waals surface area contributed by atoms with Crippen molar-refractivity contribution >= 4 is 17.3 Å². The molecule has 2 aromatic rings. The van der Waals surface area contributed by atoms with Crippen molar-refractivity contribution in [3.05, 3.63) is 60.7 Å². The lowest BCUT2D eigenvalue weighted by Gasteiger charge is -2.38. The smallest absolute Gasteiger partial charge is 0.222 e. The molecule has 0 N–H and O–H groups in total. The first-order valence-corrected chi connectivity index (χ1v) is 17.0. The van der Waals surface area contributed by atoms with Gasteiger partial charge in [0.15, 0.2) is 0 Å². The molecule has 0 spiro atoms. The predicted molar refractivity (Wildman–Crippen MR) is 174 cm³/mol. The second kappa shape index (κ2) is 19.9. The van der Waals surface area contributed by atoms with Gasteiger partial charge in [0.2, 0.25) is 5.91 Å². The zero-order chi connectivity index (χ0) is 28.1. The first-order chi connectivity index (χ1) is 19.8. The summed E-state index contributed by atoms with van der Waals surface area (Å²) in [5.41, 5.74) is 2.75. The molecule has 1 fully saturated rings. The fourth-order valence-corrected chi connectivity index (χ4v) is 6.61. The molecule has 3 rings (SSSR count). The third-order valence-electron chi connectivity index (χ3n) is 9.03. The second-order valence-electron chi connectivity index (χ2n) is 12.2. The van der Waals surface area contributed by atoms with Crippen LogP contribution in [0.5, 0.6) is 0 Å². The van der Waals surface area contributed by atoms with Crippen molar-refractivity contribution in [3.63, 3.8) is 0 Å². The summed E-state index contributed by atoms with van der Waals surface area (Å²) in [5.74, 6) is 0.343. The van der Waals surface area contributed by atoms with Crippen LogP contribution < -0.4 is 4.48 Å². The fraction of sp³-hybridized carbons (Fsp3) is 0.649. The maximum atomic E-state index is 12.2. The second-order valence-corrected chi connectivity index (χ2v) is 12.2. The highest BCUT2D eigenvalue weighted by Gasteiger charge is 2.33. The molecule has 0 aliphatic carbocycles. The molecule has 40 heavy (non-hydrogen) atoms. The Morgan fingerprint density at radius 3 is 1.43 bits per heavy atom. The lowest BCUT2D eigenvalue weighted by molar-refractivity contribution is -0.127. The molecule has 0 saturated carbocycles. The third-order valence-corrected chi connectivity index (χ3v) is 9.03. The zero-order valence-electron chi connectivity index (χ0n) is 25.8. The van der Waals surface area contributed by atoms with Gasteiger partial charge in [-0.1, -0.05) is 133 Å². The molecule has 0 radical (unpaired) electrons.